The van der Waals surface area contributed by atoms with Gasteiger partial charge >= 0.3 is 0 Å². The number of nitrogens with zero attached hydrogens (tertiary/aromatic N) is 1. The molecule has 0 aliphatic carbocycles. The lowest BCUT2D eigenvalue weighted by Crippen LogP contribution is -2.24. The van der Waals surface area contributed by atoms with Crippen molar-refractivity contribution in [3.63, 3.8) is 0 Å². The summed E-state index contributed by atoms with van der Waals surface area (Å²) in [4.78, 5) is 0. The smallest absolute Gasteiger partial charge is 0.212 e. The lowest BCUT2D eigenvalue weighted by atomic mass is 10.2. The van der Waals surface area contributed by atoms with Crippen LogP contribution in [-0.2, 0) is 0 Å². The molecule has 1 aromatic carbocycles. The molecule has 0 aliphatic rings. The van der Waals surface area contributed by atoms with Crippen LogP contribution in [0.5, 0.6) is 5.75 Å². The molecule has 12 heavy (non-hydrogen) atoms. The minimum atomic E-state index is 0.286. The van der Waals surface area contributed by atoms with Gasteiger partial charge in [-0.3, -0.25) is 0 Å². The van der Waals surface area contributed by atoms with Gasteiger partial charge in [0, 0.05) is 12.1 Å². The van der Waals surface area contributed by atoms with Crippen molar-refractivity contribution in [1.82, 2.24) is 0 Å². The van der Waals surface area contributed by atoms with Gasteiger partial charge in [0.15, 0.2) is 6.20 Å². The summed E-state index contributed by atoms with van der Waals surface area (Å²) in [6.45, 7) is 0. The summed E-state index contributed by atoms with van der Waals surface area (Å²) in [5.41, 5.74) is 1.01. The van der Waals surface area contributed by atoms with Crippen LogP contribution in [0.2, 0.25) is 0 Å². The molecule has 2 aromatic rings. The summed E-state index contributed by atoms with van der Waals surface area (Å²) < 4.78 is 1.77. The van der Waals surface area contributed by atoms with Crippen molar-refractivity contribution in [2.24, 2.45) is 0 Å². The normalized spacial score (nSPS) is 10.4. The Hall–Kier alpha value is -1.57. The van der Waals surface area contributed by atoms with Crippen LogP contribution in [-0.4, -0.2) is 5.11 Å². The Kier molecular flexibility index (Phi) is 1.47. The predicted octanol–water partition coefficient (Wildman–Crippen LogP) is 1.47. The van der Waals surface area contributed by atoms with Gasteiger partial charge in [-0.2, -0.15) is 4.57 Å². The molecule has 1 radical (unpaired) electrons. The minimum Gasteiger partial charge on any atom is -0.508 e. The average Bonchev–Trinajstić information content (AvgIpc) is 2.04. The van der Waals surface area contributed by atoms with Crippen LogP contribution >= 0.6 is 0 Å². The highest BCUT2D eigenvalue weighted by Gasteiger charge is 2.02. The third-order valence-electron chi connectivity index (χ3n) is 1.86. The van der Waals surface area contributed by atoms with Crippen molar-refractivity contribution in [2.45, 2.75) is 0 Å². The maximum absolute atomic E-state index is 9.19. The molecule has 0 fully saturated rings. The first-order valence-electron chi connectivity index (χ1n) is 3.72. The van der Waals surface area contributed by atoms with Gasteiger partial charge in [-0.1, -0.05) is 0 Å². The zero-order valence-corrected chi connectivity index (χ0v) is 6.57. The number of pyridine rings is 1. The lowest BCUT2D eigenvalue weighted by molar-refractivity contribution is -0.584. The van der Waals surface area contributed by atoms with E-state index in [2.05, 4.69) is 7.05 Å². The molecule has 2 rings (SSSR count). The molecule has 2 nitrogen and oxygen atoms in total. The molecule has 59 valence electrons. The van der Waals surface area contributed by atoms with Crippen LogP contribution in [0.1, 0.15) is 0 Å². The number of aromatic hydroxyl groups is 1. The molecular weight excluding hydrogens is 150 g/mol. The van der Waals surface area contributed by atoms with Crippen molar-refractivity contribution in [1.29, 1.82) is 0 Å². The fourth-order valence-electron chi connectivity index (χ4n) is 1.27. The van der Waals surface area contributed by atoms with Gasteiger partial charge in [0.2, 0.25) is 12.6 Å². The van der Waals surface area contributed by atoms with Crippen molar-refractivity contribution in [3.8, 4) is 5.75 Å². The summed E-state index contributed by atoms with van der Waals surface area (Å²) in [7, 11) is 3.81. The molecular formula is C10H9NO+. The van der Waals surface area contributed by atoms with E-state index in [-0.39, 0.29) is 5.75 Å². The lowest BCUT2D eigenvalue weighted by Gasteiger charge is -1.95. The molecule has 0 aliphatic heterocycles. The SMILES string of the molecule is [CH2][n+]1cccc2cc(O)ccc21. The van der Waals surface area contributed by atoms with Crippen LogP contribution in [0.4, 0.5) is 0 Å². The van der Waals surface area contributed by atoms with E-state index in [1.54, 1.807) is 16.7 Å². The van der Waals surface area contributed by atoms with E-state index in [4.69, 9.17) is 0 Å². The van der Waals surface area contributed by atoms with Crippen molar-refractivity contribution >= 4 is 10.9 Å². The fraction of sp³-hybridized carbons (Fsp3) is 0. The molecule has 1 N–H and O–H groups in total. The van der Waals surface area contributed by atoms with Gasteiger partial charge < -0.3 is 5.11 Å². The quantitative estimate of drug-likeness (QED) is 0.578. The number of hydrogen-bond donors (Lipinski definition) is 1. The summed E-state index contributed by atoms with van der Waals surface area (Å²) in [6, 6.07) is 9.06. The van der Waals surface area contributed by atoms with Crippen molar-refractivity contribution < 1.29 is 9.67 Å². The maximum atomic E-state index is 9.19. The standard InChI is InChI=1S/C10H9NO/c1-11-6-2-3-8-7-9(12)4-5-10(8)11/h2-7,12H,1H2/q+1. The van der Waals surface area contributed by atoms with E-state index in [1.807, 2.05) is 24.4 Å². The fourth-order valence-corrected chi connectivity index (χ4v) is 1.27. The highest BCUT2D eigenvalue weighted by molar-refractivity contribution is 5.76. The summed E-state index contributed by atoms with van der Waals surface area (Å²) >= 11 is 0. The van der Waals surface area contributed by atoms with E-state index in [1.165, 1.54) is 0 Å². The monoisotopic (exact) mass is 159 g/mol. The molecule has 1 aromatic heterocycles. The Labute approximate surface area is 70.7 Å². The molecule has 0 saturated heterocycles. The zero-order valence-electron chi connectivity index (χ0n) is 6.57. The van der Waals surface area contributed by atoms with Crippen LogP contribution in [0.15, 0.2) is 36.5 Å². The number of rotatable bonds is 0. The Bertz CT molecular complexity index is 423. The van der Waals surface area contributed by atoms with Gasteiger partial charge in [-0.25, -0.2) is 0 Å². The van der Waals surface area contributed by atoms with Crippen LogP contribution in [0.3, 0.4) is 0 Å². The maximum Gasteiger partial charge on any atom is 0.212 e. The first kappa shape index (κ1) is 7.10. The Morgan fingerprint density at radius 1 is 1.25 bits per heavy atom. The minimum absolute atomic E-state index is 0.286. The molecule has 2 heteroatoms. The second kappa shape index (κ2) is 2.48. The Balaban J connectivity index is 2.86. The van der Waals surface area contributed by atoms with Crippen molar-refractivity contribution in [3.05, 3.63) is 43.6 Å². The number of phenols is 1. The van der Waals surface area contributed by atoms with Crippen LogP contribution < -0.4 is 4.57 Å². The van der Waals surface area contributed by atoms with E-state index < -0.39 is 0 Å². The molecule has 0 bridgehead atoms. The number of hydrogen-bond acceptors (Lipinski definition) is 1. The Morgan fingerprint density at radius 2 is 2.08 bits per heavy atom. The average molecular weight is 159 g/mol. The summed E-state index contributed by atoms with van der Waals surface area (Å²) in [5, 5.41) is 10.2. The second-order valence-corrected chi connectivity index (χ2v) is 2.72. The molecule has 0 spiro atoms. The number of benzene rings is 1. The third-order valence-corrected chi connectivity index (χ3v) is 1.86. The van der Waals surface area contributed by atoms with Gasteiger partial charge in [0.05, 0.1) is 5.39 Å². The number of aromatic nitrogens is 1. The topological polar surface area (TPSA) is 24.1 Å². The molecule has 0 saturated carbocycles. The van der Waals surface area contributed by atoms with Gasteiger partial charge in [-0.15, -0.1) is 0 Å². The number of fused-ring (bicyclic) bond motifs is 1. The van der Waals surface area contributed by atoms with E-state index in [0.717, 1.165) is 10.9 Å². The zero-order chi connectivity index (χ0) is 8.55. The highest BCUT2D eigenvalue weighted by Crippen LogP contribution is 2.15. The van der Waals surface area contributed by atoms with Gasteiger partial charge in [0.25, 0.3) is 0 Å². The van der Waals surface area contributed by atoms with Gasteiger partial charge in [-0.05, 0) is 18.2 Å². The van der Waals surface area contributed by atoms with Crippen molar-refractivity contribution in [2.75, 3.05) is 0 Å². The summed E-state index contributed by atoms with van der Waals surface area (Å²) in [6.07, 6.45) is 1.87. The molecule has 0 unspecified atom stereocenters. The van der Waals surface area contributed by atoms with Crippen LogP contribution in [0.25, 0.3) is 10.9 Å². The largest absolute Gasteiger partial charge is 0.508 e. The van der Waals surface area contributed by atoms with E-state index >= 15 is 0 Å². The third kappa shape index (κ3) is 1.01. The first-order valence-corrected chi connectivity index (χ1v) is 3.72. The molecule has 0 atom stereocenters. The van der Waals surface area contributed by atoms with E-state index in [9.17, 15) is 5.11 Å². The predicted molar refractivity (Wildman–Crippen MR) is 46.6 cm³/mol. The number of phenolic OH excluding ortho intramolecular Hbond substituents is 1. The Morgan fingerprint density at radius 3 is 2.92 bits per heavy atom. The summed E-state index contributed by atoms with van der Waals surface area (Å²) in [5.74, 6) is 0.286. The first-order chi connectivity index (χ1) is 5.77. The highest BCUT2D eigenvalue weighted by atomic mass is 16.3. The molecule has 1 heterocycles. The van der Waals surface area contributed by atoms with Crippen LogP contribution in [0, 0.1) is 7.05 Å². The van der Waals surface area contributed by atoms with E-state index in [0.29, 0.717) is 0 Å². The second-order valence-electron chi connectivity index (χ2n) is 2.72. The van der Waals surface area contributed by atoms with Gasteiger partial charge in [0.1, 0.15) is 5.75 Å². The molecule has 0 amide bonds.